The third-order valence-electron chi connectivity index (χ3n) is 6.12. The van der Waals surface area contributed by atoms with Gasteiger partial charge in [0.2, 0.25) is 0 Å². The van der Waals surface area contributed by atoms with Crippen molar-refractivity contribution < 1.29 is 35.8 Å². The van der Waals surface area contributed by atoms with Gasteiger partial charge in [-0.2, -0.15) is 0 Å². The Kier molecular flexibility index (Phi) is 10.4. The molecule has 5 nitrogen and oxygen atoms in total. The molecule has 2 aromatic carbocycles. The quantitative estimate of drug-likeness (QED) is 0.428. The number of para-hydroxylation sites is 1. The van der Waals surface area contributed by atoms with E-state index in [0.717, 1.165) is 47.6 Å². The lowest BCUT2D eigenvalue weighted by atomic mass is 9.99. The average Bonchev–Trinajstić information content (AvgIpc) is 2.75. The van der Waals surface area contributed by atoms with Gasteiger partial charge in [0.15, 0.2) is 6.54 Å². The lowest BCUT2D eigenvalue weighted by molar-refractivity contribution is -0.930. The van der Waals surface area contributed by atoms with Gasteiger partial charge in [0.25, 0.3) is 5.91 Å². The predicted molar refractivity (Wildman–Crippen MR) is 121 cm³/mol. The van der Waals surface area contributed by atoms with Crippen LogP contribution in [0.3, 0.4) is 0 Å². The van der Waals surface area contributed by atoms with Crippen molar-refractivity contribution in [3.05, 3.63) is 64.7 Å². The summed E-state index contributed by atoms with van der Waals surface area (Å²) in [6.45, 7) is 13.0. The third kappa shape index (κ3) is 6.91. The molecule has 2 aromatic rings. The number of hydrogen-bond donors (Lipinski definition) is 1. The van der Waals surface area contributed by atoms with E-state index in [4.69, 9.17) is 4.74 Å². The minimum absolute atomic E-state index is 0. The third-order valence-corrected chi connectivity index (χ3v) is 6.12. The fourth-order valence-electron chi connectivity index (χ4n) is 3.83. The van der Waals surface area contributed by atoms with Crippen LogP contribution in [0.15, 0.2) is 42.5 Å². The maximum absolute atomic E-state index is 12.9. The average molecular weight is 491 g/mol. The molecule has 0 aliphatic heterocycles. The number of nitrogens with zero attached hydrogens (tertiary/aromatic N) is 1. The number of quaternary nitrogens is 1. The number of aryl methyl sites for hydroxylation is 2. The van der Waals surface area contributed by atoms with Crippen molar-refractivity contribution in [2.45, 2.75) is 47.1 Å². The van der Waals surface area contributed by atoms with E-state index in [2.05, 4.69) is 31.3 Å². The molecule has 0 saturated carbocycles. The lowest BCUT2D eigenvalue weighted by Crippen LogP contribution is -3.00. The van der Waals surface area contributed by atoms with Crippen LogP contribution in [0.2, 0.25) is 0 Å². The van der Waals surface area contributed by atoms with E-state index in [1.54, 1.807) is 0 Å². The first-order chi connectivity index (χ1) is 14.2. The van der Waals surface area contributed by atoms with Gasteiger partial charge in [-0.25, -0.2) is 0 Å². The van der Waals surface area contributed by atoms with Gasteiger partial charge in [0.1, 0.15) is 6.54 Å². The van der Waals surface area contributed by atoms with Crippen LogP contribution in [0.1, 0.15) is 48.9 Å². The molecule has 1 unspecified atom stereocenters. The Hall–Kier alpha value is -2.18. The number of esters is 1. The Bertz CT molecular complexity index is 857. The number of halogens is 1. The minimum atomic E-state index is -0.288. The zero-order valence-electron chi connectivity index (χ0n) is 19.5. The molecular formula is C25H35BrN2O3. The van der Waals surface area contributed by atoms with Crippen molar-refractivity contribution in [1.29, 1.82) is 0 Å². The molecule has 1 atom stereocenters. The fourth-order valence-corrected chi connectivity index (χ4v) is 3.83. The number of likely N-dealkylation sites (N-methyl/N-ethyl adjacent to an activating group) is 1. The summed E-state index contributed by atoms with van der Waals surface area (Å²) >= 11 is 0. The van der Waals surface area contributed by atoms with Crippen LogP contribution in [0.4, 0.5) is 5.69 Å². The molecule has 0 fully saturated rings. The molecule has 170 valence electrons. The Labute approximate surface area is 197 Å². The molecule has 2 rings (SSSR count). The SMILES string of the molecule is CC[N+](CC)(CC(=O)Nc1c(C)cccc1C)Cc1ccc(C(C)C(=O)OC)cc1.[Br-]. The summed E-state index contributed by atoms with van der Waals surface area (Å²) < 4.78 is 5.50. The van der Waals surface area contributed by atoms with E-state index >= 15 is 0 Å². The summed E-state index contributed by atoms with van der Waals surface area (Å²) in [5.74, 6) is -0.492. The maximum atomic E-state index is 12.9. The number of hydrogen-bond acceptors (Lipinski definition) is 3. The standard InChI is InChI=1S/C25H34N2O3.BrH/c1-7-27(8-2,17-23(28)26-24-18(3)10-9-11-19(24)4)16-21-12-14-22(15-13-21)20(5)25(29)30-6;/h9-15,20H,7-8,16-17H2,1-6H3;1H. The Morgan fingerprint density at radius 1 is 1.00 bits per heavy atom. The van der Waals surface area contributed by atoms with Gasteiger partial charge in [0, 0.05) is 11.3 Å². The van der Waals surface area contributed by atoms with E-state index < -0.39 is 0 Å². The number of carbonyl (C=O) groups is 2. The summed E-state index contributed by atoms with van der Waals surface area (Å²) in [5, 5.41) is 3.13. The van der Waals surface area contributed by atoms with Crippen LogP contribution in [0.5, 0.6) is 0 Å². The van der Waals surface area contributed by atoms with Crippen molar-refractivity contribution >= 4 is 17.6 Å². The van der Waals surface area contributed by atoms with E-state index in [-0.39, 0.29) is 34.8 Å². The Morgan fingerprint density at radius 3 is 2.03 bits per heavy atom. The normalized spacial score (nSPS) is 11.9. The molecule has 0 aromatic heterocycles. The van der Waals surface area contributed by atoms with Gasteiger partial charge >= 0.3 is 5.97 Å². The number of methoxy groups -OCH3 is 1. The molecule has 1 amide bonds. The number of benzene rings is 2. The predicted octanol–water partition coefficient (Wildman–Crippen LogP) is 1.58. The molecule has 0 heterocycles. The molecule has 0 saturated heterocycles. The van der Waals surface area contributed by atoms with Crippen molar-refractivity contribution in [3.63, 3.8) is 0 Å². The van der Waals surface area contributed by atoms with Crippen LogP contribution in [-0.2, 0) is 20.9 Å². The van der Waals surface area contributed by atoms with Gasteiger partial charge in [-0.05, 0) is 51.3 Å². The molecule has 6 heteroatoms. The van der Waals surface area contributed by atoms with Gasteiger partial charge in [-0.3, -0.25) is 9.59 Å². The van der Waals surface area contributed by atoms with Gasteiger partial charge < -0.3 is 31.5 Å². The summed E-state index contributed by atoms with van der Waals surface area (Å²) in [6.07, 6.45) is 0. The van der Waals surface area contributed by atoms with Crippen molar-refractivity contribution in [1.82, 2.24) is 0 Å². The molecule has 0 aliphatic carbocycles. The maximum Gasteiger partial charge on any atom is 0.312 e. The van der Waals surface area contributed by atoms with Crippen molar-refractivity contribution in [2.24, 2.45) is 0 Å². The summed E-state index contributed by atoms with van der Waals surface area (Å²) in [6, 6.07) is 14.1. The first-order valence-corrected chi connectivity index (χ1v) is 10.6. The number of rotatable bonds is 9. The van der Waals surface area contributed by atoms with Crippen LogP contribution in [0.25, 0.3) is 0 Å². The number of carbonyl (C=O) groups excluding carboxylic acids is 2. The fraction of sp³-hybridized carbons (Fsp3) is 0.440. The molecular weight excluding hydrogens is 456 g/mol. The number of nitrogens with one attached hydrogen (secondary N) is 1. The smallest absolute Gasteiger partial charge is 0.312 e. The topological polar surface area (TPSA) is 55.4 Å². The highest BCUT2D eigenvalue weighted by atomic mass is 79.9. The largest absolute Gasteiger partial charge is 1.00 e. The number of amides is 1. The van der Waals surface area contributed by atoms with Gasteiger partial charge in [0.05, 0.1) is 26.1 Å². The highest BCUT2D eigenvalue weighted by molar-refractivity contribution is 5.93. The molecule has 1 N–H and O–H groups in total. The first-order valence-electron chi connectivity index (χ1n) is 10.6. The monoisotopic (exact) mass is 490 g/mol. The Morgan fingerprint density at radius 2 is 1.55 bits per heavy atom. The molecule has 31 heavy (non-hydrogen) atoms. The van der Waals surface area contributed by atoms with Crippen LogP contribution in [0, 0.1) is 13.8 Å². The molecule has 0 spiro atoms. The zero-order valence-corrected chi connectivity index (χ0v) is 21.1. The van der Waals surface area contributed by atoms with E-state index in [0.29, 0.717) is 11.0 Å². The van der Waals surface area contributed by atoms with Gasteiger partial charge in [-0.15, -0.1) is 0 Å². The van der Waals surface area contributed by atoms with Crippen molar-refractivity contribution in [3.8, 4) is 0 Å². The second-order valence-electron chi connectivity index (χ2n) is 8.09. The second-order valence-corrected chi connectivity index (χ2v) is 8.09. The second kappa shape index (κ2) is 12.0. The molecule has 0 bridgehead atoms. The van der Waals surface area contributed by atoms with Crippen molar-refractivity contribution in [2.75, 3.05) is 32.1 Å². The van der Waals surface area contributed by atoms with Gasteiger partial charge in [-0.1, -0.05) is 42.5 Å². The molecule has 0 aliphatic rings. The lowest BCUT2D eigenvalue weighted by Gasteiger charge is -2.36. The highest BCUT2D eigenvalue weighted by Crippen LogP contribution is 2.22. The molecule has 0 radical (unpaired) electrons. The van der Waals surface area contributed by atoms with E-state index in [1.807, 2.05) is 51.1 Å². The summed E-state index contributed by atoms with van der Waals surface area (Å²) in [5.41, 5.74) is 5.15. The Balaban J connectivity index is 0.00000480. The van der Waals surface area contributed by atoms with E-state index in [1.165, 1.54) is 7.11 Å². The number of ether oxygens (including phenoxy) is 1. The minimum Gasteiger partial charge on any atom is -1.00 e. The first kappa shape index (κ1) is 26.9. The number of anilines is 1. The summed E-state index contributed by atoms with van der Waals surface area (Å²) in [7, 11) is 1.41. The van der Waals surface area contributed by atoms with Crippen LogP contribution in [-0.4, -0.2) is 43.1 Å². The van der Waals surface area contributed by atoms with Crippen LogP contribution >= 0.6 is 0 Å². The zero-order chi connectivity index (χ0) is 22.3. The van der Waals surface area contributed by atoms with Crippen LogP contribution < -0.4 is 22.3 Å². The summed E-state index contributed by atoms with van der Waals surface area (Å²) in [4.78, 5) is 24.7. The van der Waals surface area contributed by atoms with E-state index in [9.17, 15) is 9.59 Å². The highest BCUT2D eigenvalue weighted by Gasteiger charge is 2.28.